The quantitative estimate of drug-likeness (QED) is 0.648. The Morgan fingerprint density at radius 3 is 2.97 bits per heavy atom. The van der Waals surface area contributed by atoms with Crippen molar-refractivity contribution in [3.8, 4) is 0 Å². The molecule has 3 aromatic rings. The summed E-state index contributed by atoms with van der Waals surface area (Å²) in [6.45, 7) is 5.18. The van der Waals surface area contributed by atoms with Gasteiger partial charge in [-0.1, -0.05) is 6.07 Å². The van der Waals surface area contributed by atoms with Crippen LogP contribution < -0.4 is 5.56 Å². The monoisotopic (exact) mass is 449 g/mol. The van der Waals surface area contributed by atoms with Gasteiger partial charge in [-0.25, -0.2) is 4.98 Å². The highest BCUT2D eigenvalue weighted by atomic mass is 32.1. The van der Waals surface area contributed by atoms with Crippen molar-refractivity contribution in [2.75, 3.05) is 13.1 Å². The van der Waals surface area contributed by atoms with Gasteiger partial charge in [-0.15, -0.1) is 11.3 Å². The van der Waals surface area contributed by atoms with Crippen LogP contribution in [-0.4, -0.2) is 43.7 Å². The third-order valence-electron chi connectivity index (χ3n) is 6.45. The molecule has 3 aromatic heterocycles. The lowest BCUT2D eigenvalue weighted by atomic mass is 10.1. The maximum atomic E-state index is 13.0. The van der Waals surface area contributed by atoms with Crippen molar-refractivity contribution in [2.45, 2.75) is 51.7 Å². The Morgan fingerprint density at radius 1 is 1.28 bits per heavy atom. The number of aryl methyl sites for hydroxylation is 1. The molecule has 0 bridgehead atoms. The van der Waals surface area contributed by atoms with Crippen LogP contribution in [0, 0.1) is 6.92 Å². The first-order valence-electron chi connectivity index (χ1n) is 11.1. The largest absolute Gasteiger partial charge is 0.332 e. The Bertz CT molecular complexity index is 1170. The number of fused-ring (bicyclic) bond motifs is 1. The summed E-state index contributed by atoms with van der Waals surface area (Å²) in [5.74, 6) is 0.659. The van der Waals surface area contributed by atoms with Crippen molar-refractivity contribution in [2.24, 2.45) is 0 Å². The molecule has 0 aromatic carbocycles. The van der Waals surface area contributed by atoms with E-state index in [-0.39, 0.29) is 23.9 Å². The minimum atomic E-state index is -0.170. The van der Waals surface area contributed by atoms with Crippen molar-refractivity contribution in [3.05, 3.63) is 79.4 Å². The maximum Gasteiger partial charge on any atom is 0.255 e. The highest BCUT2D eigenvalue weighted by Crippen LogP contribution is 2.31. The fourth-order valence-electron chi connectivity index (χ4n) is 4.67. The van der Waals surface area contributed by atoms with Gasteiger partial charge in [-0.2, -0.15) is 0 Å². The van der Waals surface area contributed by atoms with E-state index in [0.717, 1.165) is 49.3 Å². The predicted molar refractivity (Wildman–Crippen MR) is 123 cm³/mol. The first kappa shape index (κ1) is 21.0. The summed E-state index contributed by atoms with van der Waals surface area (Å²) in [7, 11) is 0. The fourth-order valence-corrected chi connectivity index (χ4v) is 5.62. The van der Waals surface area contributed by atoms with Crippen molar-refractivity contribution in [3.63, 3.8) is 0 Å². The number of thiophene rings is 1. The summed E-state index contributed by atoms with van der Waals surface area (Å²) in [5, 5.41) is 2.12. The van der Waals surface area contributed by atoms with Crippen LogP contribution in [0.3, 0.4) is 0 Å². The van der Waals surface area contributed by atoms with E-state index in [0.29, 0.717) is 18.9 Å². The van der Waals surface area contributed by atoms with Crippen molar-refractivity contribution < 1.29 is 4.79 Å². The highest BCUT2D eigenvalue weighted by molar-refractivity contribution is 7.10. The van der Waals surface area contributed by atoms with Crippen LogP contribution in [0.2, 0.25) is 0 Å². The van der Waals surface area contributed by atoms with Crippen LogP contribution >= 0.6 is 11.3 Å². The number of nitrogens with one attached hydrogen (secondary N) is 1. The van der Waals surface area contributed by atoms with Gasteiger partial charge in [-0.05, 0) is 48.9 Å². The Kier molecular flexibility index (Phi) is 5.89. The molecular formula is C24H27N5O2S. The van der Waals surface area contributed by atoms with Gasteiger partial charge >= 0.3 is 0 Å². The van der Waals surface area contributed by atoms with Crippen LogP contribution in [0.4, 0.5) is 0 Å². The Morgan fingerprint density at radius 2 is 2.19 bits per heavy atom. The Hall–Kier alpha value is -2.84. The lowest BCUT2D eigenvalue weighted by Crippen LogP contribution is -2.38. The summed E-state index contributed by atoms with van der Waals surface area (Å²) in [5.41, 5.74) is 3.64. The van der Waals surface area contributed by atoms with E-state index in [1.807, 2.05) is 23.1 Å². The normalized spacial score (nSPS) is 18.7. The van der Waals surface area contributed by atoms with Gasteiger partial charge in [-0.3, -0.25) is 19.5 Å². The minimum Gasteiger partial charge on any atom is -0.332 e. The summed E-state index contributed by atoms with van der Waals surface area (Å²) in [6.07, 6.45) is 4.46. The molecule has 2 aliphatic rings. The molecule has 1 atom stereocenters. The number of H-pyrrole nitrogens is 1. The zero-order chi connectivity index (χ0) is 22.1. The topological polar surface area (TPSA) is 82.2 Å². The van der Waals surface area contributed by atoms with Crippen LogP contribution in [0.25, 0.3) is 0 Å². The summed E-state index contributed by atoms with van der Waals surface area (Å²) in [6, 6.07) is 7.57. The highest BCUT2D eigenvalue weighted by Gasteiger charge is 2.33. The third kappa shape index (κ3) is 4.25. The Balaban J connectivity index is 1.33. The smallest absolute Gasteiger partial charge is 0.255 e. The van der Waals surface area contributed by atoms with Gasteiger partial charge in [0.1, 0.15) is 5.82 Å². The lowest BCUT2D eigenvalue weighted by molar-refractivity contribution is -0.131. The second kappa shape index (κ2) is 8.96. The molecule has 1 fully saturated rings. The SMILES string of the molecule is Cc1ccsc1CN1CCc2nc([C@H]3CCCN3C(=O)Cc3ccccn3)[nH]c(=O)c2C1. The average Bonchev–Trinajstić information content (AvgIpc) is 3.44. The molecule has 0 unspecified atom stereocenters. The zero-order valence-corrected chi connectivity index (χ0v) is 19.0. The maximum absolute atomic E-state index is 13.0. The number of carbonyl (C=O) groups is 1. The van der Waals surface area contributed by atoms with Crippen LogP contribution in [0.15, 0.2) is 40.6 Å². The number of hydrogen-bond donors (Lipinski definition) is 1. The van der Waals surface area contributed by atoms with E-state index < -0.39 is 0 Å². The van der Waals surface area contributed by atoms with E-state index in [4.69, 9.17) is 4.98 Å². The minimum absolute atomic E-state index is 0.0315. The van der Waals surface area contributed by atoms with Gasteiger partial charge in [0, 0.05) is 49.4 Å². The van der Waals surface area contributed by atoms with Gasteiger partial charge < -0.3 is 9.88 Å². The summed E-state index contributed by atoms with van der Waals surface area (Å²) < 4.78 is 0. The molecule has 32 heavy (non-hydrogen) atoms. The number of carbonyl (C=O) groups excluding carboxylic acids is 1. The molecule has 1 amide bonds. The molecule has 5 heterocycles. The summed E-state index contributed by atoms with van der Waals surface area (Å²) >= 11 is 1.77. The lowest BCUT2D eigenvalue weighted by Gasteiger charge is -2.29. The standard InChI is InChI=1S/C24H27N5O2S/c1-16-8-12-32-21(16)15-28-11-7-19-18(14-28)24(31)27-23(26-19)20-6-4-10-29(20)22(30)13-17-5-2-3-9-25-17/h2-3,5,8-9,12,20H,4,6-7,10-11,13-15H2,1H3,(H,26,27,31)/t20-/m1/s1. The van der Waals surface area contributed by atoms with Crippen LogP contribution in [0.1, 0.15) is 52.1 Å². The molecule has 0 aliphatic carbocycles. The first-order valence-corrected chi connectivity index (χ1v) is 12.0. The van der Waals surface area contributed by atoms with Gasteiger partial charge in [0.2, 0.25) is 5.91 Å². The first-order chi connectivity index (χ1) is 15.6. The Labute approximate surface area is 191 Å². The van der Waals surface area contributed by atoms with Crippen molar-refractivity contribution in [1.82, 2.24) is 24.8 Å². The molecule has 0 radical (unpaired) electrons. The van der Waals surface area contributed by atoms with Crippen molar-refractivity contribution >= 4 is 17.2 Å². The summed E-state index contributed by atoms with van der Waals surface area (Å²) in [4.78, 5) is 43.6. The number of pyridine rings is 1. The molecule has 8 heteroatoms. The molecular weight excluding hydrogens is 422 g/mol. The van der Waals surface area contributed by atoms with Crippen LogP contribution in [-0.2, 0) is 30.7 Å². The van der Waals surface area contributed by atoms with E-state index >= 15 is 0 Å². The molecule has 2 aliphatic heterocycles. The van der Waals surface area contributed by atoms with E-state index in [9.17, 15) is 9.59 Å². The fraction of sp³-hybridized carbons (Fsp3) is 0.417. The third-order valence-corrected chi connectivity index (χ3v) is 7.46. The van der Waals surface area contributed by atoms with E-state index in [2.05, 4.69) is 33.2 Å². The molecule has 0 spiro atoms. The molecule has 0 saturated carbocycles. The van der Waals surface area contributed by atoms with E-state index in [1.165, 1.54) is 10.4 Å². The van der Waals surface area contributed by atoms with Gasteiger partial charge in [0.05, 0.1) is 23.7 Å². The molecule has 166 valence electrons. The number of nitrogens with zero attached hydrogens (tertiary/aromatic N) is 4. The number of amides is 1. The number of hydrogen-bond acceptors (Lipinski definition) is 6. The van der Waals surface area contributed by atoms with Crippen LogP contribution in [0.5, 0.6) is 0 Å². The molecule has 1 saturated heterocycles. The molecule has 7 nitrogen and oxygen atoms in total. The number of rotatable bonds is 5. The number of aromatic amines is 1. The number of likely N-dealkylation sites (tertiary alicyclic amines) is 1. The van der Waals surface area contributed by atoms with E-state index in [1.54, 1.807) is 17.5 Å². The van der Waals surface area contributed by atoms with Gasteiger partial charge in [0.15, 0.2) is 0 Å². The second-order valence-electron chi connectivity index (χ2n) is 8.61. The second-order valence-corrected chi connectivity index (χ2v) is 9.61. The average molecular weight is 450 g/mol. The zero-order valence-electron chi connectivity index (χ0n) is 18.2. The predicted octanol–water partition coefficient (Wildman–Crippen LogP) is 3.00. The van der Waals surface area contributed by atoms with Gasteiger partial charge in [0.25, 0.3) is 5.56 Å². The molecule has 5 rings (SSSR count). The van der Waals surface area contributed by atoms with Crippen molar-refractivity contribution in [1.29, 1.82) is 0 Å². The molecule has 1 N–H and O–H groups in total. The number of aromatic nitrogens is 3.